The first kappa shape index (κ1) is 120. The van der Waals surface area contributed by atoms with E-state index in [0.717, 1.165) is 44.3 Å². The van der Waals surface area contributed by atoms with Crippen molar-refractivity contribution in [3.05, 3.63) is 78.4 Å². The molecular weight excluding hydrogens is 1960 g/mol. The molecule has 4 aromatic rings. The van der Waals surface area contributed by atoms with E-state index >= 15 is 0 Å². The number of anilines is 2. The van der Waals surface area contributed by atoms with Gasteiger partial charge in [0.2, 0.25) is 59.1 Å². The van der Waals surface area contributed by atoms with Crippen LogP contribution in [0.25, 0.3) is 11.2 Å². The van der Waals surface area contributed by atoms with Crippen molar-refractivity contribution in [3.63, 3.8) is 0 Å². The number of methoxy groups -OCH3 is 2. The van der Waals surface area contributed by atoms with Gasteiger partial charge in [0.25, 0.3) is 0 Å². The van der Waals surface area contributed by atoms with Crippen LogP contribution in [0, 0.1) is 40.9 Å². The molecule has 0 aliphatic carbocycles. The minimum absolute atomic E-state index is 0.00246. The summed E-state index contributed by atoms with van der Waals surface area (Å²) >= 11 is 1.13. The summed E-state index contributed by atoms with van der Waals surface area (Å²) in [5.41, 5.74) is 10.9. The van der Waals surface area contributed by atoms with Crippen molar-refractivity contribution in [2.24, 2.45) is 46.7 Å². The number of urea groups is 1. The van der Waals surface area contributed by atoms with Crippen molar-refractivity contribution in [2.45, 2.75) is 257 Å². The number of primary amides is 1. The van der Waals surface area contributed by atoms with Crippen LogP contribution in [0.1, 0.15) is 177 Å². The second-order valence-corrected chi connectivity index (χ2v) is 42.9. The smallest absolute Gasteiger partial charge is 0.481 e. The summed E-state index contributed by atoms with van der Waals surface area (Å²) in [5, 5.41) is 49.8. The van der Waals surface area contributed by atoms with Gasteiger partial charge in [-0.25, -0.2) is 38.2 Å². The Morgan fingerprint density at radius 2 is 1.40 bits per heavy atom. The molecule has 798 valence electrons. The van der Waals surface area contributed by atoms with E-state index in [1.54, 1.807) is 84.7 Å². The zero-order valence-corrected chi connectivity index (χ0v) is 86.5. The van der Waals surface area contributed by atoms with Crippen molar-refractivity contribution in [1.29, 1.82) is 0 Å². The largest absolute Gasteiger partial charge is 0.481 e. The maximum Gasteiger partial charge on any atom is 0.481 e. The highest BCUT2D eigenvalue weighted by Gasteiger charge is 2.52. The number of thioether (sulfide) groups is 1. The fraction of sp³-hybridized carbons (Fsp3) is 0.656. The Morgan fingerprint density at radius 1 is 0.727 bits per heavy atom. The average Bonchev–Trinajstić information content (AvgIpc) is 1.61. The Kier molecular flexibility index (Phi) is 46.5. The van der Waals surface area contributed by atoms with Gasteiger partial charge in [-0.2, -0.15) is 4.31 Å². The number of unbranched alkanes of at least 4 members (excludes halogenated alkanes) is 2. The number of hydrogen-bond acceptors (Lipinski definition) is 32. The number of Topliss-reactive ketones (excluding diaryl/α,β-unsaturated/α-hetero) is 1. The number of aliphatic hydroxyl groups is 2. The molecule has 0 bridgehead atoms. The standard InChI is InChI=1S/C90H140N17O32P3S/c1-16-53(8)73(62(132-14)43-67(111)105-39-24-28-60(105)75(133-15)54(9)61(108)42-57(87(121)122)41-55-25-19-17-20-26-55)103(12)85(120)70(51(4)5)102-82(117)72(52(6)7)104(13)89(124)134-45-56-30-32-58(33-31-56)99-80(115)59(27-23-35-95-88(92)123)100-81(116)69(50(2)3)101-66(110)29-21-18-22-38-106-68(112)44-64(84(106)119)143-40-37-93-65(109)34-36-94-83(118)77(114)90(10,11)47-136-142(130,131)139-141(128,129)135-46-63-76(138-140(125,126)127)74(113)86(137-63)107-49-98-71-78(91)96-48-97-79(71)107/h17,19-20,25-26,30-33,48-54,57,59-60,62-64,69-70,72-77,86,113-114H,16,18,21-24,27-29,34-47H2,1-15H3,(H,93,109)(H,94,118)(H,99,115)(H,100,116)(H,101,110)(H,102,117)(H,121,122)(H,128,129)(H,130,131)(H2,91,96,97)(H3,92,95,123)(H2,125,126,127). The molecule has 2 aromatic carbocycles. The number of rotatable bonds is 60. The lowest BCUT2D eigenvalue weighted by Crippen LogP contribution is -2.60. The van der Waals surface area contributed by atoms with Crippen LogP contribution in [-0.2, 0) is 121 Å². The first-order chi connectivity index (χ1) is 67.1. The van der Waals surface area contributed by atoms with E-state index in [4.69, 9.17) is 39.5 Å². The molecular formula is C90H140N17O32P3S. The Labute approximate surface area is 833 Å². The third-order valence-electron chi connectivity index (χ3n) is 25.1. The number of fused-ring (bicyclic) bond motifs is 1. The van der Waals surface area contributed by atoms with Crippen molar-refractivity contribution in [3.8, 4) is 0 Å². The number of benzene rings is 2. The number of phosphoric ester groups is 3. The first-order valence-corrected chi connectivity index (χ1v) is 52.7. The number of amides is 13. The number of aliphatic hydroxyl groups excluding tert-OH is 2. The number of aromatic nitrogens is 4. The monoisotopic (exact) mass is 2100 g/mol. The van der Waals surface area contributed by atoms with Gasteiger partial charge in [-0.1, -0.05) is 131 Å². The van der Waals surface area contributed by atoms with Gasteiger partial charge in [-0.3, -0.25) is 85.5 Å². The summed E-state index contributed by atoms with van der Waals surface area (Å²) in [6.07, 6.45) is -7.35. The number of nitrogens with zero attached hydrogens (tertiary/aromatic N) is 8. The molecule has 7 rings (SSSR count). The third-order valence-corrected chi connectivity index (χ3v) is 29.4. The number of nitrogen functional groups attached to an aromatic ring is 1. The molecule has 143 heavy (non-hydrogen) atoms. The third kappa shape index (κ3) is 35.6. The molecule has 53 heteroatoms. The van der Waals surface area contributed by atoms with Gasteiger partial charge in [0.05, 0.1) is 61.4 Å². The summed E-state index contributed by atoms with van der Waals surface area (Å²) in [6.45, 7) is 16.1. The molecule has 18 N–H and O–H groups in total. The van der Waals surface area contributed by atoms with Gasteiger partial charge in [0, 0.05) is 109 Å². The molecule has 0 saturated carbocycles. The summed E-state index contributed by atoms with van der Waals surface area (Å²) in [7, 11) is -10.8. The van der Waals surface area contributed by atoms with Gasteiger partial charge >= 0.3 is 41.6 Å². The normalized spacial score (nSPS) is 19.9. The number of imide groups is 1. The van der Waals surface area contributed by atoms with Crippen molar-refractivity contribution in [2.75, 3.05) is 91.1 Å². The maximum atomic E-state index is 14.9. The molecule has 19 unspecified atom stereocenters. The van der Waals surface area contributed by atoms with Crippen molar-refractivity contribution >= 4 is 141 Å². The molecule has 3 saturated heterocycles. The number of likely N-dealkylation sites (N-methyl/N-ethyl adjacent to an activating group) is 2. The van der Waals surface area contributed by atoms with E-state index in [-0.39, 0.29) is 130 Å². The first-order valence-electron chi connectivity index (χ1n) is 47.1. The van der Waals surface area contributed by atoms with Gasteiger partial charge in [0.15, 0.2) is 17.7 Å². The van der Waals surface area contributed by atoms with E-state index in [1.807, 2.05) is 32.0 Å². The lowest BCUT2D eigenvalue weighted by Gasteiger charge is -2.41. The molecule has 3 fully saturated rings. The number of phosphoric acid groups is 3. The second kappa shape index (κ2) is 55.4. The number of carbonyl (C=O) groups excluding carboxylic acids is 13. The fourth-order valence-corrected chi connectivity index (χ4v) is 20.9. The van der Waals surface area contributed by atoms with E-state index < -0.39 is 227 Å². The minimum atomic E-state index is -5.68. The van der Waals surface area contributed by atoms with Crippen LogP contribution in [0.15, 0.2) is 67.3 Å². The van der Waals surface area contributed by atoms with Gasteiger partial charge in [-0.15, -0.1) is 11.8 Å². The van der Waals surface area contributed by atoms with Gasteiger partial charge in [-0.05, 0) is 91.9 Å². The van der Waals surface area contributed by atoms with Gasteiger partial charge < -0.3 is 112 Å². The Bertz CT molecular complexity index is 5160. The predicted octanol–water partition coefficient (Wildman–Crippen LogP) is 4.10. The molecule has 19 atom stereocenters. The topological polar surface area (TPSA) is 698 Å². The number of ether oxygens (including phenoxy) is 4. The van der Waals surface area contributed by atoms with Crippen LogP contribution in [0.3, 0.4) is 0 Å². The number of likely N-dealkylation sites (tertiary alicyclic amines) is 2. The Balaban J connectivity index is 0.807. The average molecular weight is 2100 g/mol. The molecule has 3 aliphatic rings. The van der Waals surface area contributed by atoms with E-state index in [1.165, 1.54) is 52.1 Å². The number of carboxylic acid groups (broad SMARTS) is 1. The zero-order valence-electron chi connectivity index (χ0n) is 83.0. The lowest BCUT2D eigenvalue weighted by molar-refractivity contribution is -0.148. The van der Waals surface area contributed by atoms with Crippen LogP contribution in [0.4, 0.5) is 21.1 Å². The number of nitrogens with one attached hydrogen (secondary N) is 7. The molecule has 0 radical (unpaired) electrons. The predicted molar refractivity (Wildman–Crippen MR) is 517 cm³/mol. The summed E-state index contributed by atoms with van der Waals surface area (Å²) in [5.74, 6) is -10.4. The lowest BCUT2D eigenvalue weighted by atomic mass is 9.85. The second-order valence-electron chi connectivity index (χ2n) is 37.4. The Hall–Kier alpha value is -10.1. The van der Waals surface area contributed by atoms with Crippen LogP contribution in [-0.4, -0.2) is 315 Å². The highest BCUT2D eigenvalue weighted by Crippen LogP contribution is 2.61. The van der Waals surface area contributed by atoms with Crippen LogP contribution >= 0.6 is 35.2 Å². The highest BCUT2D eigenvalue weighted by atomic mass is 32.2. The number of carbonyl (C=O) groups is 14. The summed E-state index contributed by atoms with van der Waals surface area (Å²) in [4.78, 5) is 247. The fourth-order valence-electron chi connectivity index (χ4n) is 17.0. The van der Waals surface area contributed by atoms with Crippen LogP contribution in [0.5, 0.6) is 0 Å². The SMILES string of the molecule is CCC(C)C(C(CC(=O)N1CCCC1C(OC)C(C)C(=O)CC(Cc1ccccc1)C(=O)O)OC)N(C)C(=O)C(NC(=O)C(C(C)C)N(C)C(=O)OCc1ccc(NC(=O)C(CCCNC(N)=O)NC(=O)C(NC(=O)CCCCCN2C(=O)CC(SCCNC(=O)CCNC(=O)C(O)C(C)(C)COP(=O)(O)OP(=O)(O)OCC3OC(n4cnc5c(N)ncnc54)C(O)C3OP(=O)(O)O)C2=O)C(C)C)cc1)C(C)C. The highest BCUT2D eigenvalue weighted by molar-refractivity contribution is 8.00. The Morgan fingerprint density at radius 3 is 2.02 bits per heavy atom. The molecule has 49 nitrogen and oxygen atoms in total. The number of hydrogen-bond donors (Lipinski definition) is 16. The van der Waals surface area contributed by atoms with Crippen molar-refractivity contribution < 1.29 is 153 Å². The van der Waals surface area contributed by atoms with E-state index in [0.29, 0.717) is 50.6 Å². The molecule has 13 amide bonds. The number of carboxylic acids is 1. The zero-order chi connectivity index (χ0) is 106. The summed E-state index contributed by atoms with van der Waals surface area (Å²) < 4.78 is 80.8. The molecule has 5 heterocycles. The number of aliphatic carboxylic acids is 1. The van der Waals surface area contributed by atoms with E-state index in [2.05, 4.69) is 61.0 Å². The summed E-state index contributed by atoms with van der Waals surface area (Å²) in [6, 6.07) is 8.65. The quantitative estimate of drug-likeness (QED) is 0.0168. The number of nitrogens with two attached hydrogens (primary N) is 2. The van der Waals surface area contributed by atoms with Crippen LogP contribution in [0.2, 0.25) is 0 Å². The molecule has 2 aromatic heterocycles. The van der Waals surface area contributed by atoms with Crippen molar-refractivity contribution in [1.82, 2.24) is 71.0 Å². The van der Waals surface area contributed by atoms with E-state index in [9.17, 15) is 116 Å². The van der Waals surface area contributed by atoms with Gasteiger partial charge in [0.1, 0.15) is 72.8 Å². The minimum Gasteiger partial charge on any atom is -0.481 e. The molecule has 3 aliphatic heterocycles. The van der Waals surface area contributed by atoms with Crippen LogP contribution < -0.4 is 48.7 Å². The molecule has 0 spiro atoms. The number of imidazole rings is 1. The maximum absolute atomic E-state index is 14.9. The number of ketones is 1.